The first-order chi connectivity index (χ1) is 11.8. The molecule has 1 aromatic carbocycles. The smallest absolute Gasteiger partial charge is 0.222 e. The lowest BCUT2D eigenvalue weighted by Gasteiger charge is -2.34. The minimum atomic E-state index is 0.275. The number of carbonyl (C=O) groups excluding carboxylic acids is 1. The van der Waals surface area contributed by atoms with Gasteiger partial charge in [0.25, 0.3) is 0 Å². The molecule has 2 heterocycles. The molecule has 0 radical (unpaired) electrons. The van der Waals surface area contributed by atoms with E-state index in [2.05, 4.69) is 33.3 Å². The van der Waals surface area contributed by atoms with Gasteiger partial charge in [0.1, 0.15) is 5.82 Å². The second-order valence-corrected chi connectivity index (χ2v) is 6.78. The predicted molar refractivity (Wildman–Crippen MR) is 97.5 cm³/mol. The highest BCUT2D eigenvalue weighted by Gasteiger charge is 2.22. The van der Waals surface area contributed by atoms with Crippen molar-refractivity contribution in [2.24, 2.45) is 0 Å². The summed E-state index contributed by atoms with van der Waals surface area (Å²) in [7, 11) is 0. The molecule has 24 heavy (non-hydrogen) atoms. The number of rotatable bonds is 6. The summed E-state index contributed by atoms with van der Waals surface area (Å²) in [5.74, 6) is 1.19. The van der Waals surface area contributed by atoms with Crippen LogP contribution in [-0.2, 0) is 17.6 Å². The van der Waals surface area contributed by atoms with Crippen LogP contribution in [0, 0.1) is 0 Å². The molecule has 0 aliphatic carbocycles. The van der Waals surface area contributed by atoms with Crippen LogP contribution in [-0.4, -0.2) is 46.3 Å². The van der Waals surface area contributed by atoms with Gasteiger partial charge in [0, 0.05) is 50.6 Å². The molecule has 1 aromatic heterocycles. The molecule has 0 unspecified atom stereocenters. The maximum absolute atomic E-state index is 12.4. The van der Waals surface area contributed by atoms with E-state index in [0.717, 1.165) is 56.4 Å². The lowest BCUT2D eigenvalue weighted by Crippen LogP contribution is -2.48. The van der Waals surface area contributed by atoms with Crippen molar-refractivity contribution in [1.82, 2.24) is 14.3 Å². The van der Waals surface area contributed by atoms with Gasteiger partial charge in [0.2, 0.25) is 11.0 Å². The van der Waals surface area contributed by atoms with Crippen molar-refractivity contribution in [3.05, 3.63) is 41.7 Å². The maximum atomic E-state index is 12.4. The highest BCUT2D eigenvalue weighted by atomic mass is 32.1. The molecular formula is C18H24N4OS. The summed E-state index contributed by atoms with van der Waals surface area (Å²) >= 11 is 1.46. The Bertz CT molecular complexity index is 650. The average Bonchev–Trinajstić information content (AvgIpc) is 3.12. The Labute approximate surface area is 147 Å². The third-order valence-electron chi connectivity index (χ3n) is 4.38. The Hall–Kier alpha value is -1.95. The van der Waals surface area contributed by atoms with E-state index in [1.807, 2.05) is 23.1 Å². The highest BCUT2D eigenvalue weighted by molar-refractivity contribution is 7.09. The molecule has 0 saturated carbocycles. The number of nitrogens with zero attached hydrogens (tertiary/aromatic N) is 4. The number of aryl methyl sites for hydroxylation is 2. The van der Waals surface area contributed by atoms with Gasteiger partial charge in [-0.3, -0.25) is 4.79 Å². The quantitative estimate of drug-likeness (QED) is 0.808. The molecule has 1 fully saturated rings. The summed E-state index contributed by atoms with van der Waals surface area (Å²) in [6, 6.07) is 10.4. The van der Waals surface area contributed by atoms with Crippen LogP contribution < -0.4 is 4.90 Å². The van der Waals surface area contributed by atoms with E-state index in [1.165, 1.54) is 17.1 Å². The first kappa shape index (κ1) is 16.9. The highest BCUT2D eigenvalue weighted by Crippen LogP contribution is 2.19. The van der Waals surface area contributed by atoms with Crippen LogP contribution >= 0.6 is 11.5 Å². The fourth-order valence-corrected chi connectivity index (χ4v) is 3.71. The molecule has 1 amide bonds. The molecule has 1 aliphatic heterocycles. The van der Waals surface area contributed by atoms with Crippen molar-refractivity contribution in [3.63, 3.8) is 0 Å². The van der Waals surface area contributed by atoms with Crippen LogP contribution in [0.2, 0.25) is 0 Å². The van der Waals surface area contributed by atoms with Crippen LogP contribution in [0.25, 0.3) is 0 Å². The lowest BCUT2D eigenvalue weighted by atomic mass is 10.1. The van der Waals surface area contributed by atoms with Crippen LogP contribution in [0.4, 0.5) is 5.13 Å². The Morgan fingerprint density at radius 3 is 2.58 bits per heavy atom. The van der Waals surface area contributed by atoms with Gasteiger partial charge in [0.05, 0.1) is 0 Å². The largest absolute Gasteiger partial charge is 0.343 e. The van der Waals surface area contributed by atoms with Gasteiger partial charge < -0.3 is 9.80 Å². The van der Waals surface area contributed by atoms with Gasteiger partial charge >= 0.3 is 0 Å². The normalized spacial score (nSPS) is 14.9. The van der Waals surface area contributed by atoms with Gasteiger partial charge in [-0.05, 0) is 18.4 Å². The number of benzene rings is 1. The summed E-state index contributed by atoms with van der Waals surface area (Å²) in [5.41, 5.74) is 1.30. The molecular weight excluding hydrogens is 320 g/mol. The first-order valence-electron chi connectivity index (χ1n) is 8.65. The monoisotopic (exact) mass is 344 g/mol. The fourth-order valence-electron chi connectivity index (χ4n) is 2.91. The Morgan fingerprint density at radius 1 is 1.17 bits per heavy atom. The standard InChI is InChI=1S/C18H24N4OS/c1-2-16-19-18(24-20-16)22-13-11-21(12-14-22)17(23)10-6-9-15-7-4-3-5-8-15/h3-5,7-8H,2,6,9-14H2,1H3. The van der Waals surface area contributed by atoms with E-state index < -0.39 is 0 Å². The molecule has 2 aromatic rings. The molecule has 0 bridgehead atoms. The summed E-state index contributed by atoms with van der Waals surface area (Å²) in [4.78, 5) is 21.1. The fraction of sp³-hybridized carbons (Fsp3) is 0.500. The number of amides is 1. The predicted octanol–water partition coefficient (Wildman–Crippen LogP) is 2.77. The van der Waals surface area contributed by atoms with E-state index in [9.17, 15) is 4.79 Å². The zero-order chi connectivity index (χ0) is 16.8. The lowest BCUT2D eigenvalue weighted by molar-refractivity contribution is -0.131. The number of piperazine rings is 1. The van der Waals surface area contributed by atoms with Gasteiger partial charge in [-0.1, -0.05) is 37.3 Å². The second kappa shape index (κ2) is 8.24. The van der Waals surface area contributed by atoms with Gasteiger partial charge in [-0.2, -0.15) is 4.37 Å². The number of hydrogen-bond acceptors (Lipinski definition) is 5. The molecule has 5 nitrogen and oxygen atoms in total. The summed E-state index contributed by atoms with van der Waals surface area (Å²) < 4.78 is 4.34. The Kier molecular flexibility index (Phi) is 5.80. The van der Waals surface area contributed by atoms with E-state index in [-0.39, 0.29) is 5.91 Å². The van der Waals surface area contributed by atoms with Crippen molar-refractivity contribution in [3.8, 4) is 0 Å². The minimum Gasteiger partial charge on any atom is -0.343 e. The van der Waals surface area contributed by atoms with Crippen LogP contribution in [0.1, 0.15) is 31.2 Å². The minimum absolute atomic E-state index is 0.275. The Balaban J connectivity index is 1.41. The second-order valence-electron chi connectivity index (χ2n) is 6.05. The van der Waals surface area contributed by atoms with E-state index in [4.69, 9.17) is 0 Å². The molecule has 0 spiro atoms. The molecule has 0 N–H and O–H groups in total. The third kappa shape index (κ3) is 4.32. The SMILES string of the molecule is CCc1nsc(N2CCN(C(=O)CCCc3ccccc3)CC2)n1. The van der Waals surface area contributed by atoms with Crippen LogP contribution in [0.3, 0.4) is 0 Å². The molecule has 1 aliphatic rings. The molecule has 1 saturated heterocycles. The Morgan fingerprint density at radius 2 is 1.92 bits per heavy atom. The van der Waals surface area contributed by atoms with Crippen molar-refractivity contribution in [2.75, 3.05) is 31.1 Å². The zero-order valence-electron chi connectivity index (χ0n) is 14.1. The molecule has 128 valence electrons. The number of hydrogen-bond donors (Lipinski definition) is 0. The van der Waals surface area contributed by atoms with Crippen molar-refractivity contribution in [1.29, 1.82) is 0 Å². The topological polar surface area (TPSA) is 49.3 Å². The molecule has 3 rings (SSSR count). The number of aromatic nitrogens is 2. The van der Waals surface area contributed by atoms with Crippen molar-refractivity contribution >= 4 is 22.6 Å². The average molecular weight is 344 g/mol. The van der Waals surface area contributed by atoms with Gasteiger partial charge in [0.15, 0.2) is 0 Å². The third-order valence-corrected chi connectivity index (χ3v) is 5.19. The number of anilines is 1. The van der Waals surface area contributed by atoms with Crippen LogP contribution in [0.5, 0.6) is 0 Å². The summed E-state index contributed by atoms with van der Waals surface area (Å²) in [5, 5.41) is 0.989. The summed E-state index contributed by atoms with van der Waals surface area (Å²) in [6.07, 6.45) is 3.39. The van der Waals surface area contributed by atoms with Crippen molar-refractivity contribution < 1.29 is 4.79 Å². The zero-order valence-corrected chi connectivity index (χ0v) is 15.0. The van der Waals surface area contributed by atoms with E-state index in [0.29, 0.717) is 6.42 Å². The van der Waals surface area contributed by atoms with E-state index >= 15 is 0 Å². The summed E-state index contributed by atoms with van der Waals surface area (Å²) in [6.45, 7) is 5.33. The molecule has 0 atom stereocenters. The van der Waals surface area contributed by atoms with Crippen LogP contribution in [0.15, 0.2) is 30.3 Å². The first-order valence-corrected chi connectivity index (χ1v) is 9.43. The van der Waals surface area contributed by atoms with E-state index in [1.54, 1.807) is 0 Å². The maximum Gasteiger partial charge on any atom is 0.222 e. The van der Waals surface area contributed by atoms with Gasteiger partial charge in [-0.15, -0.1) is 0 Å². The van der Waals surface area contributed by atoms with Gasteiger partial charge in [-0.25, -0.2) is 4.98 Å². The van der Waals surface area contributed by atoms with Crippen molar-refractivity contribution in [2.45, 2.75) is 32.6 Å². The molecule has 6 heteroatoms. The number of carbonyl (C=O) groups is 1.